The Hall–Kier alpha value is -0.760. The summed E-state index contributed by atoms with van der Waals surface area (Å²) in [6, 6.07) is 6.44. The van der Waals surface area contributed by atoms with Crippen molar-refractivity contribution in [1.29, 1.82) is 0 Å². The zero-order chi connectivity index (χ0) is 11.5. The van der Waals surface area contributed by atoms with Crippen LogP contribution in [0.5, 0.6) is 0 Å². The van der Waals surface area contributed by atoms with E-state index in [4.69, 9.17) is 11.6 Å². The molecule has 88 valence electrons. The second-order valence-corrected chi connectivity index (χ2v) is 5.23. The van der Waals surface area contributed by atoms with Gasteiger partial charge in [0.1, 0.15) is 11.0 Å². The van der Waals surface area contributed by atoms with Crippen molar-refractivity contribution in [3.05, 3.63) is 23.4 Å². The molecule has 0 aliphatic heterocycles. The van der Waals surface area contributed by atoms with Crippen LogP contribution in [0.15, 0.2) is 18.2 Å². The predicted molar refractivity (Wildman–Crippen MR) is 69.1 cm³/mol. The molecule has 2 nitrogen and oxygen atoms in total. The number of aromatic nitrogens is 1. The molecule has 0 spiro atoms. The van der Waals surface area contributed by atoms with Crippen molar-refractivity contribution in [3.8, 4) is 0 Å². The molecule has 0 atom stereocenters. The lowest BCUT2D eigenvalue weighted by Crippen LogP contribution is -2.35. The van der Waals surface area contributed by atoms with Crippen LogP contribution in [0, 0.1) is 5.92 Å². The zero-order valence-electron chi connectivity index (χ0n) is 9.99. The van der Waals surface area contributed by atoms with Gasteiger partial charge in [-0.1, -0.05) is 24.6 Å². The smallest absolute Gasteiger partial charge is 0.131 e. The number of anilines is 1. The molecule has 0 amide bonds. The number of nitrogens with zero attached hydrogens (tertiary/aromatic N) is 2. The first-order valence-electron chi connectivity index (χ1n) is 6.02. The highest BCUT2D eigenvalue weighted by atomic mass is 35.5. The Labute approximate surface area is 103 Å². The molecule has 1 aliphatic rings. The van der Waals surface area contributed by atoms with Crippen molar-refractivity contribution < 1.29 is 0 Å². The molecule has 0 bridgehead atoms. The SMILES string of the molecule is CC1CCC(N(C)c2cccc(Cl)n2)CC1. The van der Waals surface area contributed by atoms with Gasteiger partial charge >= 0.3 is 0 Å². The van der Waals surface area contributed by atoms with E-state index in [2.05, 4.69) is 23.9 Å². The summed E-state index contributed by atoms with van der Waals surface area (Å²) in [4.78, 5) is 6.63. The average molecular weight is 239 g/mol. The Morgan fingerprint density at radius 1 is 1.25 bits per heavy atom. The average Bonchev–Trinajstić information content (AvgIpc) is 2.29. The first kappa shape index (κ1) is 11.7. The van der Waals surface area contributed by atoms with Gasteiger partial charge in [-0.2, -0.15) is 0 Å². The normalized spacial score (nSPS) is 25.4. The van der Waals surface area contributed by atoms with Gasteiger partial charge in [0.2, 0.25) is 0 Å². The molecule has 16 heavy (non-hydrogen) atoms. The summed E-state index contributed by atoms with van der Waals surface area (Å²) in [5.74, 6) is 1.88. The molecule has 1 fully saturated rings. The molecule has 1 aromatic heterocycles. The first-order chi connectivity index (χ1) is 7.66. The molecule has 1 aliphatic carbocycles. The summed E-state index contributed by atoms with van der Waals surface area (Å²) in [6.07, 6.45) is 5.20. The highest BCUT2D eigenvalue weighted by molar-refractivity contribution is 6.29. The second kappa shape index (κ2) is 5.05. The Balaban J connectivity index is 2.04. The molecule has 0 radical (unpaired) electrons. The molecule has 1 aromatic rings. The van der Waals surface area contributed by atoms with Crippen LogP contribution in [0.25, 0.3) is 0 Å². The third-order valence-electron chi connectivity index (χ3n) is 3.59. The minimum atomic E-state index is 0.577. The fourth-order valence-corrected chi connectivity index (χ4v) is 2.57. The molecule has 0 unspecified atom stereocenters. The summed E-state index contributed by atoms with van der Waals surface area (Å²) in [5, 5.41) is 0.577. The Bertz CT molecular complexity index is 346. The van der Waals surface area contributed by atoms with Crippen molar-refractivity contribution >= 4 is 17.4 Å². The zero-order valence-corrected chi connectivity index (χ0v) is 10.7. The van der Waals surface area contributed by atoms with Crippen LogP contribution in [-0.4, -0.2) is 18.1 Å². The quantitative estimate of drug-likeness (QED) is 0.730. The highest BCUT2D eigenvalue weighted by Gasteiger charge is 2.22. The maximum atomic E-state index is 5.91. The summed E-state index contributed by atoms with van der Waals surface area (Å²) in [6.45, 7) is 2.34. The fraction of sp³-hybridized carbons (Fsp3) is 0.615. The van der Waals surface area contributed by atoms with Gasteiger partial charge in [-0.15, -0.1) is 0 Å². The van der Waals surface area contributed by atoms with Crippen LogP contribution in [0.2, 0.25) is 5.15 Å². The minimum Gasteiger partial charge on any atom is -0.357 e. The Morgan fingerprint density at radius 3 is 2.56 bits per heavy atom. The summed E-state index contributed by atoms with van der Waals surface area (Å²) in [5.41, 5.74) is 0. The van der Waals surface area contributed by atoms with Gasteiger partial charge in [0.25, 0.3) is 0 Å². The van der Waals surface area contributed by atoms with Gasteiger partial charge in [0, 0.05) is 13.1 Å². The molecule has 0 saturated heterocycles. The van der Waals surface area contributed by atoms with Crippen molar-refractivity contribution in [2.45, 2.75) is 38.6 Å². The Morgan fingerprint density at radius 2 is 1.94 bits per heavy atom. The van der Waals surface area contributed by atoms with Crippen molar-refractivity contribution in [1.82, 2.24) is 4.98 Å². The van der Waals surface area contributed by atoms with E-state index in [9.17, 15) is 0 Å². The standard InChI is InChI=1S/C13H19ClN2/c1-10-6-8-11(9-7-10)16(2)13-5-3-4-12(14)15-13/h3-5,10-11H,6-9H2,1-2H3. The van der Waals surface area contributed by atoms with Crippen LogP contribution in [-0.2, 0) is 0 Å². The van der Waals surface area contributed by atoms with Crippen molar-refractivity contribution in [2.24, 2.45) is 5.92 Å². The monoisotopic (exact) mass is 238 g/mol. The van der Waals surface area contributed by atoms with E-state index in [1.54, 1.807) is 0 Å². The molecule has 1 heterocycles. The van der Waals surface area contributed by atoms with Crippen LogP contribution < -0.4 is 4.90 Å². The van der Waals surface area contributed by atoms with Gasteiger partial charge < -0.3 is 4.90 Å². The van der Waals surface area contributed by atoms with Crippen molar-refractivity contribution in [3.63, 3.8) is 0 Å². The number of rotatable bonds is 2. The topological polar surface area (TPSA) is 16.1 Å². The van der Waals surface area contributed by atoms with E-state index in [-0.39, 0.29) is 0 Å². The lowest BCUT2D eigenvalue weighted by atomic mass is 9.87. The van der Waals surface area contributed by atoms with E-state index in [0.717, 1.165) is 11.7 Å². The van der Waals surface area contributed by atoms with E-state index >= 15 is 0 Å². The molecular formula is C13H19ClN2. The molecule has 3 heteroatoms. The first-order valence-corrected chi connectivity index (χ1v) is 6.40. The van der Waals surface area contributed by atoms with E-state index < -0.39 is 0 Å². The van der Waals surface area contributed by atoms with Crippen LogP contribution in [0.1, 0.15) is 32.6 Å². The van der Waals surface area contributed by atoms with Crippen LogP contribution >= 0.6 is 11.6 Å². The van der Waals surface area contributed by atoms with Gasteiger partial charge in [-0.05, 0) is 43.7 Å². The third-order valence-corrected chi connectivity index (χ3v) is 3.81. The highest BCUT2D eigenvalue weighted by Crippen LogP contribution is 2.28. The van der Waals surface area contributed by atoms with Crippen molar-refractivity contribution in [2.75, 3.05) is 11.9 Å². The number of hydrogen-bond acceptors (Lipinski definition) is 2. The summed E-state index contributed by atoms with van der Waals surface area (Å²) < 4.78 is 0. The number of hydrogen-bond donors (Lipinski definition) is 0. The van der Waals surface area contributed by atoms with Gasteiger partial charge in [0.05, 0.1) is 0 Å². The van der Waals surface area contributed by atoms with Gasteiger partial charge in [0.15, 0.2) is 0 Å². The van der Waals surface area contributed by atoms with Gasteiger partial charge in [-0.25, -0.2) is 4.98 Å². The third kappa shape index (κ3) is 2.67. The molecule has 1 saturated carbocycles. The molecule has 2 rings (SSSR count). The molecule has 0 N–H and O–H groups in total. The largest absolute Gasteiger partial charge is 0.357 e. The van der Waals surface area contributed by atoms with Crippen LogP contribution in [0.3, 0.4) is 0 Å². The minimum absolute atomic E-state index is 0.577. The maximum Gasteiger partial charge on any atom is 0.131 e. The van der Waals surface area contributed by atoms with Crippen LogP contribution in [0.4, 0.5) is 5.82 Å². The van der Waals surface area contributed by atoms with E-state index in [1.165, 1.54) is 25.7 Å². The lowest BCUT2D eigenvalue weighted by molar-refractivity contribution is 0.340. The number of halogens is 1. The molecular weight excluding hydrogens is 220 g/mol. The summed E-state index contributed by atoms with van der Waals surface area (Å²) >= 11 is 5.91. The van der Waals surface area contributed by atoms with Gasteiger partial charge in [-0.3, -0.25) is 0 Å². The van der Waals surface area contributed by atoms with E-state index in [1.807, 2.05) is 18.2 Å². The fourth-order valence-electron chi connectivity index (χ4n) is 2.41. The lowest BCUT2D eigenvalue weighted by Gasteiger charge is -2.34. The maximum absolute atomic E-state index is 5.91. The summed E-state index contributed by atoms with van der Waals surface area (Å²) in [7, 11) is 2.12. The predicted octanol–water partition coefficient (Wildman–Crippen LogP) is 3.75. The van der Waals surface area contributed by atoms with E-state index in [0.29, 0.717) is 11.2 Å². The second-order valence-electron chi connectivity index (χ2n) is 4.84. The molecule has 0 aromatic carbocycles. The number of pyridine rings is 1. The Kier molecular flexibility index (Phi) is 3.70.